The Hall–Kier alpha value is -1.26. The van der Waals surface area contributed by atoms with Crippen LogP contribution in [-0.2, 0) is 11.2 Å². The molecule has 0 bridgehead atoms. The van der Waals surface area contributed by atoms with E-state index in [9.17, 15) is 9.90 Å². The lowest BCUT2D eigenvalue weighted by Crippen LogP contribution is -2.38. The highest BCUT2D eigenvalue weighted by molar-refractivity contribution is 6.30. The van der Waals surface area contributed by atoms with Gasteiger partial charge in [0.25, 0.3) is 0 Å². The summed E-state index contributed by atoms with van der Waals surface area (Å²) in [5.41, 5.74) is 0.788. The van der Waals surface area contributed by atoms with E-state index < -0.39 is 0 Å². The van der Waals surface area contributed by atoms with Crippen molar-refractivity contribution in [1.29, 1.82) is 0 Å². The minimum atomic E-state index is -0.287. The van der Waals surface area contributed by atoms with Crippen LogP contribution in [-0.4, -0.2) is 42.7 Å². The number of aliphatic hydroxyl groups excluding tert-OH is 1. The van der Waals surface area contributed by atoms with Gasteiger partial charge in [-0.05, 0) is 31.0 Å². The van der Waals surface area contributed by atoms with Gasteiger partial charge in [-0.2, -0.15) is 0 Å². The molecule has 1 aromatic rings. The average Bonchev–Trinajstić information content (AvgIpc) is 2.49. The first kappa shape index (κ1) is 17.1. The van der Waals surface area contributed by atoms with Crippen molar-refractivity contribution in [3.8, 4) is 5.75 Å². The third kappa shape index (κ3) is 4.37. The maximum Gasteiger partial charge on any atom is 0.226 e. The van der Waals surface area contributed by atoms with Crippen LogP contribution in [0, 0.1) is 5.92 Å². The third-order valence-electron chi connectivity index (χ3n) is 4.39. The van der Waals surface area contributed by atoms with Gasteiger partial charge in [-0.3, -0.25) is 4.79 Å². The van der Waals surface area contributed by atoms with Crippen LogP contribution in [0.4, 0.5) is 0 Å². The first-order chi connectivity index (χ1) is 10.5. The van der Waals surface area contributed by atoms with Crippen molar-refractivity contribution in [2.24, 2.45) is 5.92 Å². The van der Waals surface area contributed by atoms with Gasteiger partial charge in [0.1, 0.15) is 5.75 Å². The molecule has 0 aliphatic heterocycles. The van der Waals surface area contributed by atoms with Gasteiger partial charge in [-0.15, -0.1) is 0 Å². The molecule has 2 rings (SSSR count). The molecule has 1 fully saturated rings. The molecule has 1 saturated carbocycles. The summed E-state index contributed by atoms with van der Waals surface area (Å²) in [6.07, 6.45) is 4.00. The number of rotatable bonds is 5. The summed E-state index contributed by atoms with van der Waals surface area (Å²) in [7, 11) is 3.37. The molecule has 0 heterocycles. The topological polar surface area (TPSA) is 49.8 Å². The van der Waals surface area contributed by atoms with Crippen LogP contribution in [0.2, 0.25) is 5.02 Å². The van der Waals surface area contributed by atoms with Gasteiger partial charge in [-0.25, -0.2) is 0 Å². The Balaban J connectivity index is 1.97. The summed E-state index contributed by atoms with van der Waals surface area (Å²) in [6.45, 7) is 0.600. The molecule has 122 valence electrons. The van der Waals surface area contributed by atoms with E-state index in [0.717, 1.165) is 31.2 Å². The van der Waals surface area contributed by atoms with E-state index in [2.05, 4.69) is 0 Å². The molecule has 1 aliphatic carbocycles. The van der Waals surface area contributed by atoms with Gasteiger partial charge in [0, 0.05) is 30.1 Å². The van der Waals surface area contributed by atoms with Gasteiger partial charge in [0.2, 0.25) is 5.91 Å². The van der Waals surface area contributed by atoms with Crippen molar-refractivity contribution in [3.63, 3.8) is 0 Å². The lowest BCUT2D eigenvalue weighted by atomic mass is 9.86. The Morgan fingerprint density at radius 2 is 2.14 bits per heavy atom. The number of methoxy groups -OCH3 is 1. The van der Waals surface area contributed by atoms with Crippen LogP contribution >= 0.6 is 11.6 Å². The number of nitrogens with zero attached hydrogens (tertiary/aromatic N) is 1. The predicted octanol–water partition coefficient (Wildman–Crippen LogP) is 2.90. The maximum atomic E-state index is 12.4. The molecular weight excluding hydrogens is 302 g/mol. The summed E-state index contributed by atoms with van der Waals surface area (Å²) < 4.78 is 5.28. The molecule has 1 amide bonds. The van der Waals surface area contributed by atoms with E-state index >= 15 is 0 Å². The van der Waals surface area contributed by atoms with E-state index in [0.29, 0.717) is 17.3 Å². The molecule has 2 unspecified atom stereocenters. The number of carbonyl (C=O) groups excluding carboxylic acids is 1. The molecule has 22 heavy (non-hydrogen) atoms. The Labute approximate surface area is 137 Å². The van der Waals surface area contributed by atoms with Crippen LogP contribution in [0.3, 0.4) is 0 Å². The molecule has 5 heteroatoms. The van der Waals surface area contributed by atoms with Crippen LogP contribution in [0.25, 0.3) is 0 Å². The standard InChI is InChI=1S/C17H24ClNO3/c1-19(11-12-5-3-4-6-15(12)20)17(21)10-13-9-14(18)7-8-16(13)22-2/h7-9,12,15,20H,3-6,10-11H2,1-2H3. The number of hydrogen-bond donors (Lipinski definition) is 1. The van der Waals surface area contributed by atoms with E-state index in [1.54, 1.807) is 37.3 Å². The van der Waals surface area contributed by atoms with Gasteiger partial charge in [0.15, 0.2) is 0 Å². The normalized spacial score (nSPS) is 21.5. The molecule has 2 atom stereocenters. The Morgan fingerprint density at radius 3 is 2.82 bits per heavy atom. The SMILES string of the molecule is COc1ccc(Cl)cc1CC(=O)N(C)CC1CCCCC1O. The summed E-state index contributed by atoms with van der Waals surface area (Å²) in [4.78, 5) is 14.1. The number of ether oxygens (including phenoxy) is 1. The summed E-state index contributed by atoms with van der Waals surface area (Å²) in [5, 5.41) is 10.6. The van der Waals surface area contributed by atoms with E-state index in [-0.39, 0.29) is 24.3 Å². The number of benzene rings is 1. The van der Waals surface area contributed by atoms with Crippen molar-refractivity contribution in [1.82, 2.24) is 4.90 Å². The van der Waals surface area contributed by atoms with Crippen molar-refractivity contribution in [2.75, 3.05) is 20.7 Å². The highest BCUT2D eigenvalue weighted by Gasteiger charge is 2.25. The maximum absolute atomic E-state index is 12.4. The predicted molar refractivity (Wildman–Crippen MR) is 87.3 cm³/mol. The zero-order valence-corrected chi connectivity index (χ0v) is 14.0. The second-order valence-corrected chi connectivity index (χ2v) is 6.46. The van der Waals surface area contributed by atoms with E-state index in [1.807, 2.05) is 0 Å². The van der Waals surface area contributed by atoms with E-state index in [1.165, 1.54) is 0 Å². The average molecular weight is 326 g/mol. The van der Waals surface area contributed by atoms with Crippen LogP contribution in [0.5, 0.6) is 5.75 Å². The Morgan fingerprint density at radius 1 is 1.41 bits per heavy atom. The molecule has 1 aromatic carbocycles. The highest BCUT2D eigenvalue weighted by Crippen LogP contribution is 2.26. The Bertz CT molecular complexity index is 521. The second-order valence-electron chi connectivity index (χ2n) is 6.02. The molecule has 0 spiro atoms. The van der Waals surface area contributed by atoms with Crippen LogP contribution in [0.15, 0.2) is 18.2 Å². The summed E-state index contributed by atoms with van der Waals surface area (Å²) in [5.74, 6) is 0.867. The number of carbonyl (C=O) groups is 1. The smallest absolute Gasteiger partial charge is 0.226 e. The van der Waals surface area contributed by atoms with Crippen molar-refractivity contribution < 1.29 is 14.6 Å². The van der Waals surface area contributed by atoms with Crippen LogP contribution in [0.1, 0.15) is 31.2 Å². The van der Waals surface area contributed by atoms with Crippen molar-refractivity contribution in [2.45, 2.75) is 38.2 Å². The number of hydrogen-bond acceptors (Lipinski definition) is 3. The lowest BCUT2D eigenvalue weighted by Gasteiger charge is -2.31. The molecule has 0 saturated heterocycles. The number of aliphatic hydroxyl groups is 1. The second kappa shape index (κ2) is 7.84. The fourth-order valence-corrected chi connectivity index (χ4v) is 3.23. The number of halogens is 1. The molecular formula is C17H24ClNO3. The fraction of sp³-hybridized carbons (Fsp3) is 0.588. The van der Waals surface area contributed by atoms with Gasteiger partial charge in [-0.1, -0.05) is 24.4 Å². The molecule has 4 nitrogen and oxygen atoms in total. The van der Waals surface area contributed by atoms with Gasteiger partial charge >= 0.3 is 0 Å². The zero-order valence-electron chi connectivity index (χ0n) is 13.2. The van der Waals surface area contributed by atoms with Crippen LogP contribution < -0.4 is 4.74 Å². The first-order valence-electron chi connectivity index (χ1n) is 7.75. The monoisotopic (exact) mass is 325 g/mol. The fourth-order valence-electron chi connectivity index (χ4n) is 3.04. The number of amides is 1. The molecule has 0 radical (unpaired) electrons. The first-order valence-corrected chi connectivity index (χ1v) is 8.13. The summed E-state index contributed by atoms with van der Waals surface area (Å²) >= 11 is 6.00. The Kier molecular flexibility index (Phi) is 6.09. The quantitative estimate of drug-likeness (QED) is 0.905. The largest absolute Gasteiger partial charge is 0.496 e. The molecule has 1 N–H and O–H groups in total. The minimum Gasteiger partial charge on any atom is -0.496 e. The van der Waals surface area contributed by atoms with E-state index in [4.69, 9.17) is 16.3 Å². The minimum absolute atomic E-state index is 0.0124. The van der Waals surface area contributed by atoms with Gasteiger partial charge in [0.05, 0.1) is 19.6 Å². The van der Waals surface area contributed by atoms with Gasteiger partial charge < -0.3 is 14.7 Å². The number of likely N-dealkylation sites (N-methyl/N-ethyl adjacent to an activating group) is 1. The molecule has 1 aliphatic rings. The zero-order chi connectivity index (χ0) is 16.1. The van der Waals surface area contributed by atoms with Crippen molar-refractivity contribution >= 4 is 17.5 Å². The highest BCUT2D eigenvalue weighted by atomic mass is 35.5. The lowest BCUT2D eigenvalue weighted by molar-refractivity contribution is -0.130. The van der Waals surface area contributed by atoms with Crippen molar-refractivity contribution in [3.05, 3.63) is 28.8 Å². The molecule has 0 aromatic heterocycles. The summed E-state index contributed by atoms with van der Waals surface area (Å²) in [6, 6.07) is 5.29. The third-order valence-corrected chi connectivity index (χ3v) is 4.62.